The minimum Gasteiger partial charge on any atom is -0.398 e. The molecule has 1 aromatic carbocycles. The molecule has 0 unspecified atom stereocenters. The Labute approximate surface area is 116 Å². The molecule has 0 aliphatic carbocycles. The van der Waals surface area contributed by atoms with Crippen LogP contribution >= 0.6 is 15.9 Å². The van der Waals surface area contributed by atoms with Gasteiger partial charge in [-0.2, -0.15) is 0 Å². The highest BCUT2D eigenvalue weighted by molar-refractivity contribution is 9.10. The number of hydrogen-bond donors (Lipinski definition) is 1. The van der Waals surface area contributed by atoms with Crippen molar-refractivity contribution in [2.24, 2.45) is 0 Å². The van der Waals surface area contributed by atoms with E-state index >= 15 is 0 Å². The molecule has 0 radical (unpaired) electrons. The number of rotatable bonds is 3. The van der Waals surface area contributed by atoms with Gasteiger partial charge in [-0.15, -0.1) is 0 Å². The van der Waals surface area contributed by atoms with Crippen LogP contribution in [0.25, 0.3) is 0 Å². The largest absolute Gasteiger partial charge is 0.398 e. The average Bonchev–Trinajstić information content (AvgIpc) is 2.30. The Kier molecular flexibility index (Phi) is 3.99. The zero-order chi connectivity index (χ0) is 13.3. The van der Waals surface area contributed by atoms with Gasteiger partial charge >= 0.3 is 0 Å². The molecule has 0 amide bonds. The van der Waals surface area contributed by atoms with E-state index in [1.54, 1.807) is 0 Å². The molecule has 1 aliphatic heterocycles. The molecule has 18 heavy (non-hydrogen) atoms. The van der Waals surface area contributed by atoms with E-state index in [-0.39, 0.29) is 5.75 Å². The van der Waals surface area contributed by atoms with E-state index in [0.717, 1.165) is 35.2 Å². The smallest absolute Gasteiger partial charge is 0.148 e. The molecule has 1 aromatic rings. The molecular formula is C12H17BrN2O2S. The topological polar surface area (TPSA) is 63.4 Å². The third-order valence-corrected chi connectivity index (χ3v) is 4.92. The molecule has 0 aromatic heterocycles. The van der Waals surface area contributed by atoms with Gasteiger partial charge in [0.1, 0.15) is 9.84 Å². The lowest BCUT2D eigenvalue weighted by molar-refractivity contribution is 0.269. The number of sulfone groups is 1. The fourth-order valence-corrected chi connectivity index (χ4v) is 3.36. The molecule has 0 bridgehead atoms. The van der Waals surface area contributed by atoms with E-state index in [1.165, 1.54) is 11.8 Å². The predicted octanol–water partition coefficient (Wildman–Crippen LogP) is 1.43. The van der Waals surface area contributed by atoms with E-state index in [9.17, 15) is 8.42 Å². The Morgan fingerprint density at radius 3 is 2.78 bits per heavy atom. The van der Waals surface area contributed by atoms with Gasteiger partial charge in [0.2, 0.25) is 0 Å². The minimum atomic E-state index is -2.90. The Morgan fingerprint density at radius 1 is 1.39 bits per heavy atom. The van der Waals surface area contributed by atoms with Crippen molar-refractivity contribution in [2.75, 3.05) is 30.8 Å². The maximum Gasteiger partial charge on any atom is 0.148 e. The Balaban J connectivity index is 2.13. The standard InChI is InChI=1S/C12H17BrN2O2S/c1-18(16,17)7-6-15-5-4-9-10(8-15)12(14)3-2-11(9)13/h2-3H,4-8,14H2,1H3. The summed E-state index contributed by atoms with van der Waals surface area (Å²) in [4.78, 5) is 2.15. The number of fused-ring (bicyclic) bond motifs is 1. The first-order valence-electron chi connectivity index (χ1n) is 5.82. The summed E-state index contributed by atoms with van der Waals surface area (Å²) in [7, 11) is -2.90. The molecule has 1 heterocycles. The summed E-state index contributed by atoms with van der Waals surface area (Å²) >= 11 is 3.54. The van der Waals surface area contributed by atoms with Crippen LogP contribution in [0.5, 0.6) is 0 Å². The third kappa shape index (κ3) is 3.24. The van der Waals surface area contributed by atoms with Crippen molar-refractivity contribution in [3.05, 3.63) is 27.7 Å². The summed E-state index contributed by atoms with van der Waals surface area (Å²) in [5.74, 6) is 0.205. The normalized spacial score (nSPS) is 16.6. The fraction of sp³-hybridized carbons (Fsp3) is 0.500. The summed E-state index contributed by atoms with van der Waals surface area (Å²) < 4.78 is 23.5. The molecular weight excluding hydrogens is 316 g/mol. The van der Waals surface area contributed by atoms with Gasteiger partial charge in [0.05, 0.1) is 5.75 Å². The summed E-state index contributed by atoms with van der Waals surface area (Å²) in [5.41, 5.74) is 9.16. The number of nitrogens with two attached hydrogens (primary N) is 1. The Morgan fingerprint density at radius 2 is 2.11 bits per heavy atom. The van der Waals surface area contributed by atoms with Crippen LogP contribution < -0.4 is 5.73 Å². The molecule has 100 valence electrons. The second kappa shape index (κ2) is 5.19. The monoisotopic (exact) mass is 332 g/mol. The van der Waals surface area contributed by atoms with Gasteiger partial charge < -0.3 is 5.73 Å². The van der Waals surface area contributed by atoms with Crippen molar-refractivity contribution >= 4 is 31.5 Å². The van der Waals surface area contributed by atoms with E-state index in [0.29, 0.717) is 6.54 Å². The summed E-state index contributed by atoms with van der Waals surface area (Å²) in [6.45, 7) is 2.19. The van der Waals surface area contributed by atoms with Crippen molar-refractivity contribution in [1.29, 1.82) is 0 Å². The molecule has 0 spiro atoms. The van der Waals surface area contributed by atoms with Gasteiger partial charge in [0, 0.05) is 36.1 Å². The number of nitrogen functional groups attached to an aromatic ring is 1. The molecule has 0 fully saturated rings. The van der Waals surface area contributed by atoms with Gasteiger partial charge in [0.25, 0.3) is 0 Å². The van der Waals surface area contributed by atoms with Crippen molar-refractivity contribution in [3.8, 4) is 0 Å². The van der Waals surface area contributed by atoms with E-state index in [2.05, 4.69) is 20.8 Å². The van der Waals surface area contributed by atoms with Crippen molar-refractivity contribution in [3.63, 3.8) is 0 Å². The highest BCUT2D eigenvalue weighted by Crippen LogP contribution is 2.30. The van der Waals surface area contributed by atoms with Gasteiger partial charge in [-0.25, -0.2) is 8.42 Å². The van der Waals surface area contributed by atoms with Crippen molar-refractivity contribution in [2.45, 2.75) is 13.0 Å². The summed E-state index contributed by atoms with van der Waals surface area (Å²) in [6.07, 6.45) is 2.18. The summed E-state index contributed by atoms with van der Waals surface area (Å²) in [6, 6.07) is 3.86. The number of nitrogens with zero attached hydrogens (tertiary/aromatic N) is 1. The lowest BCUT2D eigenvalue weighted by atomic mass is 9.98. The number of halogens is 1. The predicted molar refractivity (Wildman–Crippen MR) is 77.2 cm³/mol. The Hall–Kier alpha value is -0.590. The SMILES string of the molecule is CS(=O)(=O)CCN1CCc2c(Br)ccc(N)c2C1. The number of benzene rings is 1. The first-order chi connectivity index (χ1) is 8.37. The zero-order valence-corrected chi connectivity index (χ0v) is 12.7. The fourth-order valence-electron chi connectivity index (χ4n) is 2.20. The summed E-state index contributed by atoms with van der Waals surface area (Å²) in [5, 5.41) is 0. The average molecular weight is 333 g/mol. The maximum absolute atomic E-state index is 11.2. The van der Waals surface area contributed by atoms with Gasteiger partial charge in [0.15, 0.2) is 0 Å². The molecule has 0 saturated carbocycles. The van der Waals surface area contributed by atoms with Gasteiger partial charge in [-0.1, -0.05) is 15.9 Å². The van der Waals surface area contributed by atoms with Crippen LogP contribution in [0, 0.1) is 0 Å². The number of anilines is 1. The van der Waals surface area contributed by atoms with Crippen LogP contribution in [0.15, 0.2) is 16.6 Å². The first kappa shape index (κ1) is 13.8. The van der Waals surface area contributed by atoms with Crippen molar-refractivity contribution in [1.82, 2.24) is 4.90 Å². The first-order valence-corrected chi connectivity index (χ1v) is 8.68. The van der Waals surface area contributed by atoms with Crippen LogP contribution in [0.3, 0.4) is 0 Å². The van der Waals surface area contributed by atoms with E-state index in [4.69, 9.17) is 5.73 Å². The molecule has 4 nitrogen and oxygen atoms in total. The van der Waals surface area contributed by atoms with Gasteiger partial charge in [-0.3, -0.25) is 4.90 Å². The lowest BCUT2D eigenvalue weighted by Gasteiger charge is -2.30. The maximum atomic E-state index is 11.2. The van der Waals surface area contributed by atoms with Crippen LogP contribution in [-0.4, -0.2) is 38.4 Å². The highest BCUT2D eigenvalue weighted by atomic mass is 79.9. The van der Waals surface area contributed by atoms with Crippen LogP contribution in [0.2, 0.25) is 0 Å². The molecule has 0 saturated heterocycles. The highest BCUT2D eigenvalue weighted by Gasteiger charge is 2.20. The van der Waals surface area contributed by atoms with Crippen molar-refractivity contribution < 1.29 is 8.42 Å². The van der Waals surface area contributed by atoms with E-state index in [1.807, 2.05) is 12.1 Å². The molecule has 1 aliphatic rings. The second-order valence-electron chi connectivity index (χ2n) is 4.75. The Bertz CT molecular complexity index is 557. The third-order valence-electron chi connectivity index (χ3n) is 3.25. The molecule has 2 N–H and O–H groups in total. The van der Waals surface area contributed by atoms with Crippen LogP contribution in [0.1, 0.15) is 11.1 Å². The van der Waals surface area contributed by atoms with E-state index < -0.39 is 9.84 Å². The quantitative estimate of drug-likeness (QED) is 0.850. The zero-order valence-electron chi connectivity index (χ0n) is 10.3. The van der Waals surface area contributed by atoms with Crippen LogP contribution in [0.4, 0.5) is 5.69 Å². The van der Waals surface area contributed by atoms with Crippen LogP contribution in [-0.2, 0) is 22.8 Å². The van der Waals surface area contributed by atoms with Gasteiger partial charge in [-0.05, 0) is 29.7 Å². The molecule has 0 atom stereocenters. The number of hydrogen-bond acceptors (Lipinski definition) is 4. The minimum absolute atomic E-state index is 0.205. The molecule has 6 heteroatoms. The lowest BCUT2D eigenvalue weighted by Crippen LogP contribution is -2.34. The molecule has 2 rings (SSSR count). The second-order valence-corrected chi connectivity index (χ2v) is 7.86.